The molecule has 1 aromatic heterocycles. The molecule has 11 heteroatoms. The molecule has 0 unspecified atom stereocenters. The van der Waals surface area contributed by atoms with Crippen LogP contribution >= 0.6 is 23.1 Å². The molecule has 0 aliphatic rings. The standard InChI is InChI=1S/C22H25FN2O6S2/c1-5-30-22(29)19-12(2)13(3)33-20(19)25-17(26)10-31-21(28)14(4)32-11-18(27)24-16-8-6-15(23)7-9-16/h6-9,14H,5,10-11H2,1-4H3,(H,24,27)(H,25,26)/t14-/m1/s1. The highest BCUT2D eigenvalue weighted by Gasteiger charge is 2.23. The molecule has 0 saturated heterocycles. The van der Waals surface area contributed by atoms with Gasteiger partial charge in [-0.25, -0.2) is 9.18 Å². The first kappa shape index (κ1) is 26.3. The Hall–Kier alpha value is -2.92. The van der Waals surface area contributed by atoms with Crippen molar-refractivity contribution in [1.82, 2.24) is 0 Å². The van der Waals surface area contributed by atoms with Gasteiger partial charge in [-0.2, -0.15) is 0 Å². The third kappa shape index (κ3) is 7.86. The Balaban J connectivity index is 1.81. The van der Waals surface area contributed by atoms with Crippen LogP contribution in [0.2, 0.25) is 0 Å². The van der Waals surface area contributed by atoms with Crippen LogP contribution in [0.5, 0.6) is 0 Å². The molecule has 2 aromatic rings. The van der Waals surface area contributed by atoms with Crippen LogP contribution in [0.3, 0.4) is 0 Å². The van der Waals surface area contributed by atoms with Crippen molar-refractivity contribution in [2.24, 2.45) is 0 Å². The fourth-order valence-corrected chi connectivity index (χ4v) is 4.32. The molecule has 0 fully saturated rings. The average Bonchev–Trinajstić information content (AvgIpc) is 3.04. The van der Waals surface area contributed by atoms with E-state index in [9.17, 15) is 23.6 Å². The van der Waals surface area contributed by atoms with Crippen molar-refractivity contribution in [3.63, 3.8) is 0 Å². The predicted molar refractivity (Wildman–Crippen MR) is 126 cm³/mol. The van der Waals surface area contributed by atoms with E-state index in [-0.39, 0.29) is 23.8 Å². The van der Waals surface area contributed by atoms with Crippen molar-refractivity contribution in [3.05, 3.63) is 46.1 Å². The molecule has 8 nitrogen and oxygen atoms in total. The Kier molecular flexibility index (Phi) is 9.86. The number of nitrogens with one attached hydrogen (secondary N) is 2. The second kappa shape index (κ2) is 12.4. The van der Waals surface area contributed by atoms with Gasteiger partial charge < -0.3 is 20.1 Å². The van der Waals surface area contributed by atoms with Crippen LogP contribution in [0, 0.1) is 19.7 Å². The summed E-state index contributed by atoms with van der Waals surface area (Å²) in [6.07, 6.45) is 0. The summed E-state index contributed by atoms with van der Waals surface area (Å²) < 4.78 is 23.0. The summed E-state index contributed by atoms with van der Waals surface area (Å²) in [5, 5.41) is 4.82. The summed E-state index contributed by atoms with van der Waals surface area (Å²) in [6.45, 7) is 6.50. The van der Waals surface area contributed by atoms with Gasteiger partial charge in [-0.3, -0.25) is 14.4 Å². The molecular weight excluding hydrogens is 471 g/mol. The number of hydrogen-bond donors (Lipinski definition) is 2. The second-order valence-electron chi connectivity index (χ2n) is 6.87. The van der Waals surface area contributed by atoms with Crippen LogP contribution in [-0.4, -0.2) is 48.0 Å². The number of halogens is 1. The van der Waals surface area contributed by atoms with Gasteiger partial charge in [0, 0.05) is 10.6 Å². The number of anilines is 2. The zero-order valence-electron chi connectivity index (χ0n) is 18.7. The van der Waals surface area contributed by atoms with Gasteiger partial charge in [0.1, 0.15) is 16.1 Å². The highest BCUT2D eigenvalue weighted by molar-refractivity contribution is 8.01. The molecule has 0 saturated carbocycles. The van der Waals surface area contributed by atoms with E-state index >= 15 is 0 Å². The molecule has 0 aliphatic heterocycles. The van der Waals surface area contributed by atoms with E-state index < -0.39 is 35.5 Å². The highest BCUT2D eigenvalue weighted by atomic mass is 32.2. The number of rotatable bonds is 10. The van der Waals surface area contributed by atoms with Crippen molar-refractivity contribution >= 4 is 57.5 Å². The molecule has 33 heavy (non-hydrogen) atoms. The molecule has 2 rings (SSSR count). The lowest BCUT2D eigenvalue weighted by atomic mass is 10.1. The number of hydrogen-bond acceptors (Lipinski definition) is 8. The third-order valence-electron chi connectivity index (χ3n) is 4.39. The Morgan fingerprint density at radius 2 is 1.73 bits per heavy atom. The maximum atomic E-state index is 12.9. The van der Waals surface area contributed by atoms with E-state index in [0.717, 1.165) is 22.2 Å². The Labute approximate surface area is 199 Å². The number of benzene rings is 1. The van der Waals surface area contributed by atoms with E-state index in [1.807, 2.05) is 6.92 Å². The number of thioether (sulfide) groups is 1. The lowest BCUT2D eigenvalue weighted by Crippen LogP contribution is -2.26. The normalized spacial score (nSPS) is 11.4. The van der Waals surface area contributed by atoms with Crippen molar-refractivity contribution in [3.8, 4) is 0 Å². The second-order valence-corrected chi connectivity index (χ2v) is 9.43. The number of aryl methyl sites for hydroxylation is 1. The number of carbonyl (C=O) groups is 4. The number of ether oxygens (including phenoxy) is 2. The topological polar surface area (TPSA) is 111 Å². The van der Waals surface area contributed by atoms with Crippen LogP contribution in [0.25, 0.3) is 0 Å². The lowest BCUT2D eigenvalue weighted by molar-refractivity contribution is -0.146. The number of amides is 2. The number of thiophene rings is 1. The van der Waals surface area contributed by atoms with Crippen LogP contribution in [0.4, 0.5) is 15.1 Å². The minimum Gasteiger partial charge on any atom is -0.462 e. The molecule has 0 spiro atoms. The van der Waals surface area contributed by atoms with E-state index in [0.29, 0.717) is 10.7 Å². The number of carbonyl (C=O) groups excluding carboxylic acids is 4. The smallest absolute Gasteiger partial charge is 0.341 e. The van der Waals surface area contributed by atoms with Crippen molar-refractivity contribution in [2.75, 3.05) is 29.6 Å². The van der Waals surface area contributed by atoms with Gasteiger partial charge in [0.2, 0.25) is 5.91 Å². The average molecular weight is 497 g/mol. The summed E-state index contributed by atoms with van der Waals surface area (Å²) >= 11 is 2.27. The largest absolute Gasteiger partial charge is 0.462 e. The van der Waals surface area contributed by atoms with Gasteiger partial charge in [-0.1, -0.05) is 0 Å². The zero-order valence-corrected chi connectivity index (χ0v) is 20.3. The summed E-state index contributed by atoms with van der Waals surface area (Å²) in [5.74, 6) is -2.59. The molecule has 0 aliphatic carbocycles. The molecule has 2 amide bonds. The predicted octanol–water partition coefficient (Wildman–Crippen LogP) is 3.92. The molecule has 0 radical (unpaired) electrons. The lowest BCUT2D eigenvalue weighted by Gasteiger charge is -2.12. The van der Waals surface area contributed by atoms with E-state index in [1.54, 1.807) is 20.8 Å². The van der Waals surface area contributed by atoms with Crippen LogP contribution < -0.4 is 10.6 Å². The first-order valence-electron chi connectivity index (χ1n) is 10.0. The van der Waals surface area contributed by atoms with E-state index in [1.165, 1.54) is 35.6 Å². The van der Waals surface area contributed by atoms with E-state index in [2.05, 4.69) is 10.6 Å². The van der Waals surface area contributed by atoms with Crippen LogP contribution in [-0.2, 0) is 23.9 Å². The maximum absolute atomic E-state index is 12.9. The Bertz CT molecular complexity index is 1020. The third-order valence-corrected chi connectivity index (χ3v) is 6.63. The first-order valence-corrected chi connectivity index (χ1v) is 11.9. The van der Waals surface area contributed by atoms with Gasteiger partial charge in [0.05, 0.1) is 17.9 Å². The van der Waals surface area contributed by atoms with Crippen molar-refractivity contribution in [1.29, 1.82) is 0 Å². The van der Waals surface area contributed by atoms with Gasteiger partial charge in [0.15, 0.2) is 6.61 Å². The minimum atomic E-state index is -0.696. The molecule has 178 valence electrons. The van der Waals surface area contributed by atoms with Gasteiger partial charge in [-0.05, 0) is 57.5 Å². The SMILES string of the molecule is CCOC(=O)c1c(NC(=O)COC(=O)[C@@H](C)SCC(=O)Nc2ccc(F)cc2)sc(C)c1C. The first-order chi connectivity index (χ1) is 15.6. The Morgan fingerprint density at radius 3 is 2.36 bits per heavy atom. The van der Waals surface area contributed by atoms with Gasteiger partial charge in [-0.15, -0.1) is 23.1 Å². The monoisotopic (exact) mass is 496 g/mol. The molecule has 2 N–H and O–H groups in total. The zero-order chi connectivity index (χ0) is 24.5. The molecule has 1 atom stereocenters. The molecule has 1 aromatic carbocycles. The summed E-state index contributed by atoms with van der Waals surface area (Å²) in [6, 6.07) is 5.31. The summed E-state index contributed by atoms with van der Waals surface area (Å²) in [4.78, 5) is 49.4. The van der Waals surface area contributed by atoms with Gasteiger partial charge >= 0.3 is 11.9 Å². The summed E-state index contributed by atoms with van der Waals surface area (Å²) in [5.41, 5.74) is 1.44. The molecule has 1 heterocycles. The van der Waals surface area contributed by atoms with Gasteiger partial charge in [0.25, 0.3) is 5.91 Å². The maximum Gasteiger partial charge on any atom is 0.341 e. The van der Waals surface area contributed by atoms with Crippen LogP contribution in [0.1, 0.15) is 34.6 Å². The van der Waals surface area contributed by atoms with Crippen molar-refractivity contribution in [2.45, 2.75) is 32.9 Å². The quantitative estimate of drug-likeness (QED) is 0.480. The van der Waals surface area contributed by atoms with E-state index in [4.69, 9.17) is 9.47 Å². The number of esters is 2. The molecular formula is C22H25FN2O6S2. The van der Waals surface area contributed by atoms with Crippen LogP contribution in [0.15, 0.2) is 24.3 Å². The Morgan fingerprint density at radius 1 is 1.06 bits per heavy atom. The molecule has 0 bridgehead atoms. The summed E-state index contributed by atoms with van der Waals surface area (Å²) in [7, 11) is 0. The fourth-order valence-electron chi connectivity index (χ4n) is 2.58. The van der Waals surface area contributed by atoms with Crippen molar-refractivity contribution < 1.29 is 33.0 Å². The highest BCUT2D eigenvalue weighted by Crippen LogP contribution is 2.33. The minimum absolute atomic E-state index is 0.0313. The fraction of sp³-hybridized carbons (Fsp3) is 0.364.